The lowest BCUT2D eigenvalue weighted by molar-refractivity contribution is -0.121. The Hall–Kier alpha value is -0.910. The first-order chi connectivity index (χ1) is 11.9. The fraction of sp³-hybridized carbons (Fsp3) is 0.895. The predicted octanol–water partition coefficient (Wildman–Crippen LogP) is 4.13. The molecule has 146 valence electrons. The fourth-order valence-corrected chi connectivity index (χ4v) is 4.02. The van der Waals surface area contributed by atoms with Gasteiger partial charge in [-0.3, -0.25) is 4.79 Å². The number of nitrogens with zero attached hydrogens (tertiary/aromatic N) is 1. The first-order valence-corrected chi connectivity index (χ1v) is 11.0. The van der Waals surface area contributed by atoms with Gasteiger partial charge in [-0.1, -0.05) is 33.1 Å². The zero-order chi connectivity index (χ0) is 18.7. The molecular weight excluding hydrogens is 334 g/mol. The van der Waals surface area contributed by atoms with Crippen LogP contribution >= 0.6 is 11.8 Å². The molecule has 0 aromatic carbocycles. The molecule has 5 nitrogen and oxygen atoms in total. The zero-order valence-corrected chi connectivity index (χ0v) is 17.3. The highest BCUT2D eigenvalue weighted by Crippen LogP contribution is 2.25. The Balaban J connectivity index is 2.19. The summed E-state index contributed by atoms with van der Waals surface area (Å²) in [5.74, 6) is 2.02. The molecule has 0 bridgehead atoms. The Morgan fingerprint density at radius 1 is 1.16 bits per heavy atom. The number of carbonyl (C=O) groups is 2. The van der Waals surface area contributed by atoms with Gasteiger partial charge in [-0.25, -0.2) is 4.79 Å². The second-order valence-electron chi connectivity index (χ2n) is 7.59. The third-order valence-electron chi connectivity index (χ3n) is 4.83. The molecule has 1 aliphatic heterocycles. The number of rotatable bonds is 11. The van der Waals surface area contributed by atoms with Gasteiger partial charge in [0, 0.05) is 30.3 Å². The van der Waals surface area contributed by atoms with Crippen LogP contribution in [0.15, 0.2) is 0 Å². The molecular formula is C19H37N3O2S. The molecule has 1 aliphatic rings. The fourth-order valence-electron chi connectivity index (χ4n) is 2.77. The third-order valence-corrected chi connectivity index (χ3v) is 5.92. The summed E-state index contributed by atoms with van der Waals surface area (Å²) in [5, 5.41) is 6.06. The van der Waals surface area contributed by atoms with Gasteiger partial charge in [0.2, 0.25) is 5.91 Å². The molecule has 0 aromatic rings. The summed E-state index contributed by atoms with van der Waals surface area (Å²) in [5.41, 5.74) is -0.146. The normalized spacial score (nSPS) is 17.6. The van der Waals surface area contributed by atoms with Gasteiger partial charge in [0.15, 0.2) is 0 Å². The van der Waals surface area contributed by atoms with E-state index in [0.29, 0.717) is 12.5 Å². The maximum absolute atomic E-state index is 12.5. The van der Waals surface area contributed by atoms with Gasteiger partial charge in [0.1, 0.15) is 0 Å². The molecule has 1 unspecified atom stereocenters. The molecule has 25 heavy (non-hydrogen) atoms. The lowest BCUT2D eigenvalue weighted by Crippen LogP contribution is -2.51. The highest BCUT2D eigenvalue weighted by Gasteiger charge is 2.31. The Morgan fingerprint density at radius 3 is 2.56 bits per heavy atom. The molecule has 3 amide bonds. The van der Waals surface area contributed by atoms with E-state index in [4.69, 9.17) is 0 Å². The second-order valence-corrected chi connectivity index (χ2v) is 8.59. The maximum atomic E-state index is 12.5. The van der Waals surface area contributed by atoms with Gasteiger partial charge >= 0.3 is 6.03 Å². The van der Waals surface area contributed by atoms with Gasteiger partial charge in [-0.05, 0) is 39.5 Å². The zero-order valence-electron chi connectivity index (χ0n) is 16.5. The van der Waals surface area contributed by atoms with Crippen LogP contribution in [0.25, 0.3) is 0 Å². The molecule has 0 aliphatic carbocycles. The van der Waals surface area contributed by atoms with E-state index in [-0.39, 0.29) is 17.5 Å². The number of unbranched alkanes of at least 4 members (excludes halogenated alkanes) is 3. The Kier molecular flexibility index (Phi) is 10.3. The van der Waals surface area contributed by atoms with Gasteiger partial charge < -0.3 is 15.5 Å². The minimum absolute atomic E-state index is 0.0782. The molecule has 2 N–H and O–H groups in total. The third kappa shape index (κ3) is 8.84. The number of amides is 3. The number of hydrogen-bond acceptors (Lipinski definition) is 3. The summed E-state index contributed by atoms with van der Waals surface area (Å²) in [6.07, 6.45) is 7.94. The van der Waals surface area contributed by atoms with Gasteiger partial charge in [0.05, 0.1) is 5.88 Å². The topological polar surface area (TPSA) is 61.4 Å². The van der Waals surface area contributed by atoms with Crippen molar-refractivity contribution in [1.82, 2.24) is 15.5 Å². The van der Waals surface area contributed by atoms with Crippen molar-refractivity contribution in [2.75, 3.05) is 18.2 Å². The molecule has 6 heteroatoms. The molecule has 1 rings (SSSR count). The maximum Gasteiger partial charge on any atom is 0.318 e. The second kappa shape index (κ2) is 11.7. The molecule has 1 heterocycles. The highest BCUT2D eigenvalue weighted by atomic mass is 32.2. The number of carbonyl (C=O) groups excluding carboxylic acids is 2. The van der Waals surface area contributed by atoms with Crippen molar-refractivity contribution in [1.29, 1.82) is 0 Å². The van der Waals surface area contributed by atoms with Crippen LogP contribution in [0.1, 0.15) is 79.1 Å². The van der Waals surface area contributed by atoms with Crippen molar-refractivity contribution in [2.45, 2.75) is 90.6 Å². The van der Waals surface area contributed by atoms with Crippen LogP contribution in [0, 0.1) is 0 Å². The highest BCUT2D eigenvalue weighted by molar-refractivity contribution is 7.99. The molecule has 1 saturated heterocycles. The van der Waals surface area contributed by atoms with Crippen LogP contribution < -0.4 is 10.6 Å². The summed E-state index contributed by atoms with van der Waals surface area (Å²) in [4.78, 5) is 26.0. The van der Waals surface area contributed by atoms with Crippen LogP contribution in [0.2, 0.25) is 0 Å². The summed E-state index contributed by atoms with van der Waals surface area (Å²) in [6, 6.07) is 0.431. The monoisotopic (exact) mass is 371 g/mol. The van der Waals surface area contributed by atoms with E-state index in [1.807, 2.05) is 16.7 Å². The first-order valence-electron chi connectivity index (χ1n) is 9.83. The Labute approximate surface area is 158 Å². The van der Waals surface area contributed by atoms with Crippen LogP contribution in [0.4, 0.5) is 4.79 Å². The van der Waals surface area contributed by atoms with E-state index in [9.17, 15) is 9.59 Å². The number of hydrogen-bond donors (Lipinski definition) is 2. The average Bonchev–Trinajstić information content (AvgIpc) is 3.04. The van der Waals surface area contributed by atoms with Crippen molar-refractivity contribution >= 4 is 23.7 Å². The van der Waals surface area contributed by atoms with Crippen LogP contribution in [-0.2, 0) is 4.79 Å². The van der Waals surface area contributed by atoms with Crippen molar-refractivity contribution in [2.24, 2.45) is 0 Å². The number of thioether (sulfide) groups is 1. The lowest BCUT2D eigenvalue weighted by atomic mass is 10.0. The predicted molar refractivity (Wildman–Crippen MR) is 107 cm³/mol. The van der Waals surface area contributed by atoms with Gasteiger partial charge in [-0.15, -0.1) is 11.8 Å². The average molecular weight is 372 g/mol. The lowest BCUT2D eigenvalue weighted by Gasteiger charge is -2.30. The molecule has 1 atom stereocenters. The van der Waals surface area contributed by atoms with E-state index in [0.717, 1.165) is 63.1 Å². The minimum Gasteiger partial charge on any atom is -0.356 e. The molecule has 1 fully saturated rings. The summed E-state index contributed by atoms with van der Waals surface area (Å²) >= 11 is 1.84. The van der Waals surface area contributed by atoms with Crippen molar-refractivity contribution < 1.29 is 9.59 Å². The number of nitrogens with one attached hydrogen (secondary N) is 2. The van der Waals surface area contributed by atoms with E-state index in [1.54, 1.807) is 0 Å². The van der Waals surface area contributed by atoms with Crippen LogP contribution in [-0.4, -0.2) is 46.6 Å². The molecule has 0 radical (unpaired) electrons. The summed E-state index contributed by atoms with van der Waals surface area (Å²) in [7, 11) is 0. The quantitative estimate of drug-likeness (QED) is 0.537. The van der Waals surface area contributed by atoms with Crippen molar-refractivity contribution in [3.05, 3.63) is 0 Å². The molecule has 0 spiro atoms. The largest absolute Gasteiger partial charge is 0.356 e. The first kappa shape index (κ1) is 22.1. The Bertz CT molecular complexity index is 415. The SMILES string of the molecule is CCCNC(=O)CCCCCCC1CSCN1C(=O)NC(C)(C)CC. The van der Waals surface area contributed by atoms with Crippen molar-refractivity contribution in [3.63, 3.8) is 0 Å². The smallest absolute Gasteiger partial charge is 0.318 e. The van der Waals surface area contributed by atoms with E-state index in [1.165, 1.54) is 0 Å². The Morgan fingerprint density at radius 2 is 1.88 bits per heavy atom. The standard InChI is InChI=1S/C19H37N3O2S/c1-5-13-20-17(23)12-10-8-7-9-11-16-14-25-15-22(16)18(24)21-19(3,4)6-2/h16H,5-15H2,1-4H3,(H,20,23)(H,21,24). The van der Waals surface area contributed by atoms with Crippen molar-refractivity contribution in [3.8, 4) is 0 Å². The van der Waals surface area contributed by atoms with E-state index < -0.39 is 0 Å². The molecule has 0 aromatic heterocycles. The number of urea groups is 1. The van der Waals surface area contributed by atoms with E-state index >= 15 is 0 Å². The van der Waals surface area contributed by atoms with Gasteiger partial charge in [-0.2, -0.15) is 0 Å². The molecule has 0 saturated carbocycles. The summed E-state index contributed by atoms with van der Waals surface area (Å²) in [6.45, 7) is 9.08. The summed E-state index contributed by atoms with van der Waals surface area (Å²) < 4.78 is 0. The van der Waals surface area contributed by atoms with Gasteiger partial charge in [0.25, 0.3) is 0 Å². The van der Waals surface area contributed by atoms with Crippen LogP contribution in [0.3, 0.4) is 0 Å². The van der Waals surface area contributed by atoms with E-state index in [2.05, 4.69) is 38.3 Å². The minimum atomic E-state index is -0.146. The van der Waals surface area contributed by atoms with Crippen LogP contribution in [0.5, 0.6) is 0 Å².